The van der Waals surface area contributed by atoms with Crippen LogP contribution < -0.4 is 15.8 Å². The van der Waals surface area contributed by atoms with E-state index >= 15 is 0 Å². The lowest BCUT2D eigenvalue weighted by atomic mass is 10.1. The second-order valence-electron chi connectivity index (χ2n) is 6.07. The molecule has 1 rings (SSSR count). The van der Waals surface area contributed by atoms with Crippen molar-refractivity contribution in [2.24, 2.45) is 5.92 Å². The first-order valence-corrected chi connectivity index (χ1v) is 7.70. The number of hydrogen-bond donors (Lipinski definition) is 2. The number of carbonyl (C=O) groups excluding carboxylic acids is 1. The average molecular weight is 292 g/mol. The summed E-state index contributed by atoms with van der Waals surface area (Å²) in [4.78, 5) is 11.7. The Labute approximate surface area is 128 Å². The molecule has 0 aliphatic heterocycles. The summed E-state index contributed by atoms with van der Waals surface area (Å²) in [6.07, 6.45) is 2.30. The van der Waals surface area contributed by atoms with Crippen LogP contribution in [-0.4, -0.2) is 18.6 Å². The van der Waals surface area contributed by atoms with E-state index in [-0.39, 0.29) is 12.0 Å². The standard InChI is InChI=1S/C17H28N2O2/c1-12(2)9-10-19-17(20)8-6-14-5-7-16(15(18)11-14)21-13(3)4/h5,7,11-13H,6,8-10,18H2,1-4H3,(H,19,20). The van der Waals surface area contributed by atoms with E-state index in [1.54, 1.807) is 0 Å². The first-order valence-electron chi connectivity index (χ1n) is 7.70. The van der Waals surface area contributed by atoms with Crippen LogP contribution in [-0.2, 0) is 11.2 Å². The number of hydrogen-bond acceptors (Lipinski definition) is 3. The molecule has 1 aromatic rings. The number of nitrogen functional groups attached to an aromatic ring is 1. The molecular formula is C17H28N2O2. The van der Waals surface area contributed by atoms with E-state index in [1.165, 1.54) is 0 Å². The smallest absolute Gasteiger partial charge is 0.220 e. The number of nitrogens with two attached hydrogens (primary N) is 1. The molecule has 4 nitrogen and oxygen atoms in total. The maximum Gasteiger partial charge on any atom is 0.220 e. The number of aryl methyl sites for hydroxylation is 1. The molecule has 0 bridgehead atoms. The largest absolute Gasteiger partial charge is 0.489 e. The molecule has 0 heterocycles. The number of nitrogens with one attached hydrogen (secondary N) is 1. The lowest BCUT2D eigenvalue weighted by Gasteiger charge is -2.13. The van der Waals surface area contributed by atoms with Crippen LogP contribution in [0, 0.1) is 5.92 Å². The number of ether oxygens (including phenoxy) is 1. The molecule has 4 heteroatoms. The van der Waals surface area contributed by atoms with E-state index in [0.717, 1.165) is 18.5 Å². The summed E-state index contributed by atoms with van der Waals surface area (Å²) >= 11 is 0. The summed E-state index contributed by atoms with van der Waals surface area (Å²) in [5.74, 6) is 1.41. The Bertz CT molecular complexity index is 456. The van der Waals surface area contributed by atoms with Crippen molar-refractivity contribution in [3.63, 3.8) is 0 Å². The molecule has 3 N–H and O–H groups in total. The number of carbonyl (C=O) groups is 1. The fraction of sp³-hybridized carbons (Fsp3) is 0.588. The normalized spacial score (nSPS) is 11.0. The van der Waals surface area contributed by atoms with Gasteiger partial charge in [-0.25, -0.2) is 0 Å². The third-order valence-corrected chi connectivity index (χ3v) is 3.12. The van der Waals surface area contributed by atoms with Crippen molar-refractivity contribution in [1.29, 1.82) is 0 Å². The molecule has 1 aromatic carbocycles. The van der Waals surface area contributed by atoms with Crippen molar-refractivity contribution in [1.82, 2.24) is 5.32 Å². The highest BCUT2D eigenvalue weighted by atomic mass is 16.5. The van der Waals surface area contributed by atoms with Gasteiger partial charge in [-0.1, -0.05) is 19.9 Å². The molecule has 0 radical (unpaired) electrons. The van der Waals surface area contributed by atoms with Crippen LogP contribution in [0.5, 0.6) is 5.75 Å². The predicted molar refractivity (Wildman–Crippen MR) is 87.4 cm³/mol. The Kier molecular flexibility index (Phi) is 7.06. The quantitative estimate of drug-likeness (QED) is 0.723. The van der Waals surface area contributed by atoms with Gasteiger partial charge in [0.25, 0.3) is 0 Å². The maximum absolute atomic E-state index is 11.7. The summed E-state index contributed by atoms with van der Waals surface area (Å²) in [5, 5.41) is 2.94. The molecule has 0 aromatic heterocycles. The summed E-state index contributed by atoms with van der Waals surface area (Å²) in [6, 6.07) is 5.73. The number of anilines is 1. The van der Waals surface area contributed by atoms with E-state index in [2.05, 4.69) is 19.2 Å². The van der Waals surface area contributed by atoms with Gasteiger partial charge in [-0.05, 0) is 50.3 Å². The third-order valence-electron chi connectivity index (χ3n) is 3.12. The number of amides is 1. The lowest BCUT2D eigenvalue weighted by molar-refractivity contribution is -0.121. The van der Waals surface area contributed by atoms with Crippen LogP contribution in [0.25, 0.3) is 0 Å². The van der Waals surface area contributed by atoms with E-state index in [1.807, 2.05) is 32.0 Å². The van der Waals surface area contributed by atoms with E-state index in [0.29, 0.717) is 30.2 Å². The highest BCUT2D eigenvalue weighted by Crippen LogP contribution is 2.24. The van der Waals surface area contributed by atoms with Crippen LogP contribution in [0.1, 0.15) is 46.1 Å². The van der Waals surface area contributed by atoms with Crippen molar-refractivity contribution in [3.8, 4) is 5.75 Å². The van der Waals surface area contributed by atoms with Crippen molar-refractivity contribution in [2.45, 2.75) is 53.1 Å². The Morgan fingerprint density at radius 2 is 2.00 bits per heavy atom. The number of benzene rings is 1. The van der Waals surface area contributed by atoms with Gasteiger partial charge in [0, 0.05) is 13.0 Å². The van der Waals surface area contributed by atoms with E-state index < -0.39 is 0 Å². The summed E-state index contributed by atoms with van der Waals surface area (Å²) < 4.78 is 5.60. The van der Waals surface area contributed by atoms with Crippen molar-refractivity contribution < 1.29 is 9.53 Å². The molecule has 0 atom stereocenters. The van der Waals surface area contributed by atoms with Crippen LogP contribution in [0.2, 0.25) is 0 Å². The van der Waals surface area contributed by atoms with Gasteiger partial charge in [-0.15, -0.1) is 0 Å². The number of rotatable bonds is 8. The van der Waals surface area contributed by atoms with Crippen LogP contribution in [0.4, 0.5) is 5.69 Å². The summed E-state index contributed by atoms with van der Waals surface area (Å²) in [6.45, 7) is 8.98. The first kappa shape index (κ1) is 17.3. The van der Waals surface area contributed by atoms with Crippen LogP contribution >= 0.6 is 0 Å². The Morgan fingerprint density at radius 3 is 2.57 bits per heavy atom. The monoisotopic (exact) mass is 292 g/mol. The second-order valence-corrected chi connectivity index (χ2v) is 6.07. The van der Waals surface area contributed by atoms with Crippen LogP contribution in [0.15, 0.2) is 18.2 Å². The Morgan fingerprint density at radius 1 is 1.29 bits per heavy atom. The van der Waals surface area contributed by atoms with Gasteiger partial charge in [-0.2, -0.15) is 0 Å². The molecule has 0 aliphatic carbocycles. The Balaban J connectivity index is 2.41. The molecule has 0 unspecified atom stereocenters. The van der Waals surface area contributed by atoms with Crippen molar-refractivity contribution in [2.75, 3.05) is 12.3 Å². The molecule has 0 saturated heterocycles. The maximum atomic E-state index is 11.7. The molecule has 21 heavy (non-hydrogen) atoms. The van der Waals surface area contributed by atoms with Gasteiger partial charge < -0.3 is 15.8 Å². The minimum atomic E-state index is 0.0942. The highest BCUT2D eigenvalue weighted by molar-refractivity contribution is 5.76. The minimum absolute atomic E-state index is 0.0942. The fourth-order valence-corrected chi connectivity index (χ4v) is 1.96. The van der Waals surface area contributed by atoms with Crippen molar-refractivity contribution >= 4 is 11.6 Å². The summed E-state index contributed by atoms with van der Waals surface area (Å²) in [7, 11) is 0. The lowest BCUT2D eigenvalue weighted by Crippen LogP contribution is -2.25. The zero-order valence-electron chi connectivity index (χ0n) is 13.6. The van der Waals surface area contributed by atoms with Gasteiger partial charge in [-0.3, -0.25) is 4.79 Å². The molecule has 0 aliphatic rings. The van der Waals surface area contributed by atoms with Gasteiger partial charge in [0.15, 0.2) is 0 Å². The second kappa shape index (κ2) is 8.55. The highest BCUT2D eigenvalue weighted by Gasteiger charge is 2.06. The van der Waals surface area contributed by atoms with Gasteiger partial charge in [0.05, 0.1) is 11.8 Å². The Hall–Kier alpha value is -1.71. The van der Waals surface area contributed by atoms with Crippen molar-refractivity contribution in [3.05, 3.63) is 23.8 Å². The first-order chi connectivity index (χ1) is 9.88. The molecular weight excluding hydrogens is 264 g/mol. The van der Waals surface area contributed by atoms with Gasteiger partial charge in [0.1, 0.15) is 5.75 Å². The van der Waals surface area contributed by atoms with Gasteiger partial charge in [0.2, 0.25) is 5.91 Å². The minimum Gasteiger partial charge on any atom is -0.489 e. The molecule has 0 saturated carbocycles. The van der Waals surface area contributed by atoms with E-state index in [9.17, 15) is 4.79 Å². The fourth-order valence-electron chi connectivity index (χ4n) is 1.96. The third kappa shape index (κ3) is 7.02. The molecule has 1 amide bonds. The molecule has 118 valence electrons. The topological polar surface area (TPSA) is 64.3 Å². The zero-order chi connectivity index (χ0) is 15.8. The predicted octanol–water partition coefficient (Wildman–Crippen LogP) is 3.15. The van der Waals surface area contributed by atoms with Crippen LogP contribution in [0.3, 0.4) is 0 Å². The average Bonchev–Trinajstić information content (AvgIpc) is 2.38. The summed E-state index contributed by atoms with van der Waals surface area (Å²) in [5.41, 5.74) is 7.65. The van der Waals surface area contributed by atoms with Gasteiger partial charge >= 0.3 is 0 Å². The zero-order valence-corrected chi connectivity index (χ0v) is 13.6. The van der Waals surface area contributed by atoms with E-state index in [4.69, 9.17) is 10.5 Å². The molecule has 0 spiro atoms. The SMILES string of the molecule is CC(C)CCNC(=O)CCc1ccc(OC(C)C)c(N)c1. The molecule has 0 fully saturated rings.